The molecule has 0 saturated carbocycles. The Morgan fingerprint density at radius 3 is 2.42 bits per heavy atom. The Morgan fingerprint density at radius 1 is 1.05 bits per heavy atom. The zero-order chi connectivity index (χ0) is 30.6. The molecular formula is C31H33AcClN2O8. The van der Waals surface area contributed by atoms with Gasteiger partial charge in [0.15, 0.2) is 11.5 Å². The molecular weight excluding hydrogens is 791 g/mol. The Morgan fingerprint density at radius 2 is 1.77 bits per heavy atom. The number of amides is 2. The molecule has 0 spiro atoms. The third-order valence-corrected chi connectivity index (χ3v) is 7.17. The molecule has 0 saturated heterocycles. The molecule has 10 nitrogen and oxygen atoms in total. The Bertz CT molecular complexity index is 1500. The van der Waals surface area contributed by atoms with Gasteiger partial charge in [0.2, 0.25) is 5.91 Å². The quantitative estimate of drug-likeness (QED) is 0.263. The van der Waals surface area contributed by atoms with Crippen LogP contribution in [0.3, 0.4) is 0 Å². The molecule has 2 amide bonds. The van der Waals surface area contributed by atoms with Crippen molar-refractivity contribution in [3.8, 4) is 11.5 Å². The number of rotatable bonds is 10. The maximum Gasteiger partial charge on any atom is 0.337 e. The van der Waals surface area contributed by atoms with Crippen LogP contribution in [0.1, 0.15) is 47.9 Å². The van der Waals surface area contributed by atoms with Crippen LogP contribution in [0, 0.1) is 49.5 Å². The normalized spacial score (nSPS) is 16.4. The molecule has 3 aromatic rings. The van der Waals surface area contributed by atoms with Gasteiger partial charge in [-0.05, 0) is 36.4 Å². The molecule has 0 fully saturated rings. The molecule has 3 N–H and O–H groups in total. The number of para-hydroxylation sites is 2. The number of hydrogen-bond acceptors (Lipinski definition) is 7. The average molecular weight is 824 g/mol. The van der Waals surface area contributed by atoms with E-state index in [0.29, 0.717) is 33.3 Å². The van der Waals surface area contributed by atoms with E-state index in [0.717, 1.165) is 0 Å². The number of aliphatic hydroxyl groups is 1. The molecule has 12 heteroatoms. The van der Waals surface area contributed by atoms with Crippen LogP contribution in [0.4, 0.5) is 11.4 Å². The van der Waals surface area contributed by atoms with Gasteiger partial charge in [-0.1, -0.05) is 49.7 Å². The van der Waals surface area contributed by atoms with E-state index < -0.39 is 41.8 Å². The number of nitrogens with one attached hydrogen (secondary N) is 1. The fourth-order valence-electron chi connectivity index (χ4n) is 4.85. The largest absolute Gasteiger partial charge is 0.493 e. The van der Waals surface area contributed by atoms with E-state index in [1.165, 1.54) is 31.3 Å². The standard InChI is InChI=1S/C31H33ClN2O8.Ac/c1-31(2,17-35)16-34-23-13-12-18(32)14-21(23)27(20-9-7-11-24(40-3)28(20)41-4)42-25(29(34)37)15-26(36)33-22-10-6-5-8-19(22)30(38)39;/h5-14,25,27,35H,15-17H2,1-4H3,(H,33,36)(H,38,39);/t25-,27-;/m1./s1. The van der Waals surface area contributed by atoms with Gasteiger partial charge < -0.3 is 34.6 Å². The van der Waals surface area contributed by atoms with Crippen LogP contribution in [-0.4, -0.2) is 61.5 Å². The summed E-state index contributed by atoms with van der Waals surface area (Å²) in [6.07, 6.45) is -2.64. The molecule has 0 unspecified atom stereocenters. The van der Waals surface area contributed by atoms with Crippen molar-refractivity contribution >= 4 is 40.8 Å². The van der Waals surface area contributed by atoms with Crippen LogP contribution in [0.25, 0.3) is 0 Å². The number of carbonyl (C=O) groups excluding carboxylic acids is 2. The Hall–Kier alpha value is -2.68. The molecule has 4 rings (SSSR count). The molecule has 3 aromatic carbocycles. The van der Waals surface area contributed by atoms with E-state index in [1.807, 2.05) is 13.8 Å². The summed E-state index contributed by atoms with van der Waals surface area (Å²) in [5.74, 6) is -1.51. The zero-order valence-corrected chi connectivity index (χ0v) is 29.8. The number of nitrogens with zero attached hydrogens (tertiary/aromatic N) is 1. The summed E-state index contributed by atoms with van der Waals surface area (Å²) < 4.78 is 17.7. The van der Waals surface area contributed by atoms with Crippen molar-refractivity contribution < 1.29 is 82.9 Å². The van der Waals surface area contributed by atoms with Crippen molar-refractivity contribution in [2.75, 3.05) is 37.6 Å². The van der Waals surface area contributed by atoms with Crippen molar-refractivity contribution in [3.05, 3.63) is 82.4 Å². The molecule has 225 valence electrons. The van der Waals surface area contributed by atoms with E-state index in [9.17, 15) is 24.6 Å². The predicted octanol–water partition coefficient (Wildman–Crippen LogP) is 4.92. The maximum absolute atomic E-state index is 14.2. The number of carboxylic acids is 1. The van der Waals surface area contributed by atoms with Gasteiger partial charge in [-0.15, -0.1) is 0 Å². The monoisotopic (exact) mass is 823 g/mol. The summed E-state index contributed by atoms with van der Waals surface area (Å²) in [5.41, 5.74) is 0.892. The molecule has 2 atom stereocenters. The Balaban J connectivity index is 0.00000506. The molecule has 43 heavy (non-hydrogen) atoms. The van der Waals surface area contributed by atoms with E-state index >= 15 is 0 Å². The Labute approximate surface area is 290 Å². The van der Waals surface area contributed by atoms with Gasteiger partial charge in [-0.2, -0.15) is 0 Å². The molecule has 0 aromatic heterocycles. The Kier molecular flexibility index (Phi) is 12.0. The summed E-state index contributed by atoms with van der Waals surface area (Å²) in [7, 11) is 2.99. The van der Waals surface area contributed by atoms with Gasteiger partial charge in [-0.3, -0.25) is 9.59 Å². The van der Waals surface area contributed by atoms with Crippen molar-refractivity contribution in [1.29, 1.82) is 0 Å². The van der Waals surface area contributed by atoms with Crippen LogP contribution in [0.5, 0.6) is 11.5 Å². The summed E-state index contributed by atoms with van der Waals surface area (Å²) in [6.45, 7) is 3.54. The summed E-state index contributed by atoms with van der Waals surface area (Å²) in [6, 6.07) is 16.3. The second-order valence-electron chi connectivity index (χ2n) is 10.6. The van der Waals surface area contributed by atoms with Crippen LogP contribution >= 0.6 is 11.6 Å². The first-order valence-electron chi connectivity index (χ1n) is 13.2. The minimum Gasteiger partial charge on any atom is -0.493 e. The molecule has 0 aliphatic carbocycles. The first-order valence-corrected chi connectivity index (χ1v) is 13.6. The molecule has 0 bridgehead atoms. The summed E-state index contributed by atoms with van der Waals surface area (Å²) in [4.78, 5) is 40.6. The minimum absolute atomic E-state index is 0. The van der Waals surface area contributed by atoms with E-state index in [-0.39, 0.29) is 68.5 Å². The van der Waals surface area contributed by atoms with Crippen molar-refractivity contribution in [3.63, 3.8) is 0 Å². The number of halogens is 1. The third kappa shape index (κ3) is 7.89. The topological polar surface area (TPSA) is 135 Å². The zero-order valence-electron chi connectivity index (χ0n) is 24.3. The summed E-state index contributed by atoms with van der Waals surface area (Å²) in [5, 5.41) is 22.6. The summed E-state index contributed by atoms with van der Waals surface area (Å²) >= 11 is 6.44. The molecule has 1 radical (unpaired) electrons. The van der Waals surface area contributed by atoms with Gasteiger partial charge in [-0.25, -0.2) is 4.79 Å². The predicted molar refractivity (Wildman–Crippen MR) is 158 cm³/mol. The van der Waals surface area contributed by atoms with E-state index in [2.05, 4.69) is 5.32 Å². The smallest absolute Gasteiger partial charge is 0.337 e. The number of benzene rings is 3. The number of anilines is 2. The second-order valence-corrected chi connectivity index (χ2v) is 11.1. The van der Waals surface area contributed by atoms with Crippen molar-refractivity contribution in [2.24, 2.45) is 5.41 Å². The molecule has 1 aliphatic rings. The van der Waals surface area contributed by atoms with Gasteiger partial charge in [0.05, 0.1) is 31.9 Å². The fraction of sp³-hybridized carbons (Fsp3) is 0.323. The van der Waals surface area contributed by atoms with Crippen LogP contribution in [-0.2, 0) is 14.3 Å². The number of methoxy groups -OCH3 is 2. The van der Waals surface area contributed by atoms with Crippen LogP contribution in [0.2, 0.25) is 5.02 Å². The van der Waals surface area contributed by atoms with Gasteiger partial charge in [0.25, 0.3) is 5.91 Å². The van der Waals surface area contributed by atoms with Gasteiger partial charge in [0.1, 0.15) is 12.2 Å². The van der Waals surface area contributed by atoms with E-state index in [4.69, 9.17) is 25.8 Å². The number of aromatic carboxylic acids is 1. The number of carboxylic acid groups (broad SMARTS) is 1. The van der Waals surface area contributed by atoms with Crippen LogP contribution in [0.15, 0.2) is 60.7 Å². The number of hydrogen-bond donors (Lipinski definition) is 3. The second kappa shape index (κ2) is 14.9. The number of ether oxygens (including phenoxy) is 3. The first-order chi connectivity index (χ1) is 20.0. The average Bonchev–Trinajstić information content (AvgIpc) is 3.07. The first kappa shape index (κ1) is 34.8. The third-order valence-electron chi connectivity index (χ3n) is 6.94. The van der Waals surface area contributed by atoms with Gasteiger partial charge in [0, 0.05) is 84.5 Å². The number of fused-ring (bicyclic) bond motifs is 1. The van der Waals surface area contributed by atoms with Crippen LogP contribution < -0.4 is 19.7 Å². The van der Waals surface area contributed by atoms with Crippen molar-refractivity contribution in [2.45, 2.75) is 32.5 Å². The maximum atomic E-state index is 14.2. The molecule has 1 heterocycles. The van der Waals surface area contributed by atoms with E-state index in [1.54, 1.807) is 48.5 Å². The van der Waals surface area contributed by atoms with Crippen molar-refractivity contribution in [1.82, 2.24) is 0 Å². The molecule has 1 aliphatic heterocycles. The number of aliphatic hydroxyl groups excluding tert-OH is 1. The number of carbonyl (C=O) groups is 3. The SMILES string of the molecule is COc1cccc([C@H]2O[C@H](CC(=O)Nc3ccccc3C(=O)O)C(=O)N(CC(C)(C)CO)c3ccc(Cl)cc32)c1OC.[Ac]. The fourth-order valence-corrected chi connectivity index (χ4v) is 5.03. The minimum atomic E-state index is -1.30. The van der Waals surface area contributed by atoms with Gasteiger partial charge >= 0.3 is 5.97 Å².